The first-order chi connectivity index (χ1) is 12.0. The van der Waals surface area contributed by atoms with Crippen molar-refractivity contribution < 1.29 is 4.79 Å². The molecular formula is C19H19N3O2S. The Morgan fingerprint density at radius 1 is 1.32 bits per heavy atom. The third-order valence-electron chi connectivity index (χ3n) is 4.69. The third-order valence-corrected chi connectivity index (χ3v) is 5.83. The Kier molecular flexibility index (Phi) is 3.92. The fraction of sp³-hybridized carbons (Fsp3) is 0.316. The topological polar surface area (TPSA) is 66.1 Å². The number of benzene rings is 1. The lowest BCUT2D eigenvalue weighted by molar-refractivity contribution is 0.0733. The summed E-state index contributed by atoms with van der Waals surface area (Å²) in [5.41, 5.74) is 2.40. The van der Waals surface area contributed by atoms with Crippen molar-refractivity contribution in [1.29, 1.82) is 0 Å². The number of fused-ring (bicyclic) bond motifs is 1. The second kappa shape index (κ2) is 6.11. The van der Waals surface area contributed by atoms with Crippen molar-refractivity contribution in [3.63, 3.8) is 0 Å². The van der Waals surface area contributed by atoms with Gasteiger partial charge < -0.3 is 9.88 Å². The Morgan fingerprint density at radius 3 is 2.88 bits per heavy atom. The number of likely N-dealkylation sites (tertiary alicyclic amines) is 1. The molecule has 0 spiro atoms. The minimum atomic E-state index is -0.308. The standard InChI is InChI=1S/C19H19N3O2S/c1-11-10-12(2)20-17(23)16(11)19(24)22-9-5-7-14(22)18-21-13-6-3-4-8-15(13)25-18/h3-4,6,8,10,14H,5,7,9H2,1-2H3,(H,20,23). The molecule has 1 N–H and O–H groups in total. The van der Waals surface area contributed by atoms with E-state index in [1.54, 1.807) is 11.3 Å². The van der Waals surface area contributed by atoms with Crippen LogP contribution >= 0.6 is 11.3 Å². The summed E-state index contributed by atoms with van der Waals surface area (Å²) >= 11 is 1.63. The monoisotopic (exact) mass is 353 g/mol. The average Bonchev–Trinajstić information content (AvgIpc) is 3.20. The van der Waals surface area contributed by atoms with E-state index in [-0.39, 0.29) is 23.1 Å². The molecule has 6 heteroatoms. The van der Waals surface area contributed by atoms with Crippen molar-refractivity contribution in [1.82, 2.24) is 14.9 Å². The second-order valence-corrected chi connectivity index (χ2v) is 7.58. The lowest BCUT2D eigenvalue weighted by atomic mass is 10.1. The van der Waals surface area contributed by atoms with Gasteiger partial charge in [0.1, 0.15) is 10.6 Å². The molecule has 3 heterocycles. The van der Waals surface area contributed by atoms with Crippen molar-refractivity contribution in [2.45, 2.75) is 32.7 Å². The largest absolute Gasteiger partial charge is 0.329 e. The van der Waals surface area contributed by atoms with Crippen molar-refractivity contribution in [2.24, 2.45) is 0 Å². The van der Waals surface area contributed by atoms with Crippen LogP contribution in [0, 0.1) is 13.8 Å². The molecule has 128 valence electrons. The molecule has 0 aliphatic carbocycles. The Morgan fingerprint density at radius 2 is 2.12 bits per heavy atom. The van der Waals surface area contributed by atoms with E-state index < -0.39 is 0 Å². The zero-order valence-corrected chi connectivity index (χ0v) is 15.0. The summed E-state index contributed by atoms with van der Waals surface area (Å²) in [5.74, 6) is -0.194. The highest BCUT2D eigenvalue weighted by molar-refractivity contribution is 7.18. The second-order valence-electron chi connectivity index (χ2n) is 6.52. The fourth-order valence-corrected chi connectivity index (χ4v) is 4.68. The first-order valence-electron chi connectivity index (χ1n) is 8.41. The maximum Gasteiger partial charge on any atom is 0.261 e. The molecule has 3 aromatic rings. The Labute approximate surface area is 149 Å². The van der Waals surface area contributed by atoms with Crippen LogP contribution in [0.5, 0.6) is 0 Å². The number of pyridine rings is 1. The summed E-state index contributed by atoms with van der Waals surface area (Å²) in [6.07, 6.45) is 1.81. The number of amides is 1. The molecule has 5 nitrogen and oxygen atoms in total. The number of H-pyrrole nitrogens is 1. The van der Waals surface area contributed by atoms with Gasteiger partial charge in [0.25, 0.3) is 11.5 Å². The molecule has 2 aromatic heterocycles. The third kappa shape index (κ3) is 2.76. The van der Waals surface area contributed by atoms with Crippen LogP contribution in [0.4, 0.5) is 0 Å². The molecule has 1 aliphatic rings. The number of aromatic nitrogens is 2. The first kappa shape index (κ1) is 16.0. The van der Waals surface area contributed by atoms with E-state index in [1.165, 1.54) is 0 Å². The van der Waals surface area contributed by atoms with Crippen LogP contribution in [-0.2, 0) is 0 Å². The molecule has 25 heavy (non-hydrogen) atoms. The van der Waals surface area contributed by atoms with Gasteiger partial charge in [0.2, 0.25) is 0 Å². The van der Waals surface area contributed by atoms with Gasteiger partial charge in [-0.05, 0) is 50.5 Å². The Hall–Kier alpha value is -2.47. The molecule has 1 aromatic carbocycles. The molecule has 1 amide bonds. The van der Waals surface area contributed by atoms with E-state index in [4.69, 9.17) is 4.98 Å². The SMILES string of the molecule is Cc1cc(C)c(C(=O)N2CCCC2c2nc3ccccc3s2)c(=O)[nH]1. The van der Waals surface area contributed by atoms with Crippen LogP contribution in [-0.4, -0.2) is 27.3 Å². The van der Waals surface area contributed by atoms with Crippen molar-refractivity contribution in [3.05, 3.63) is 62.5 Å². The molecule has 1 atom stereocenters. The molecular weight excluding hydrogens is 334 g/mol. The summed E-state index contributed by atoms with van der Waals surface area (Å²) in [4.78, 5) is 34.7. The van der Waals surface area contributed by atoms with Crippen LogP contribution in [0.3, 0.4) is 0 Å². The maximum atomic E-state index is 13.1. The quantitative estimate of drug-likeness (QED) is 0.766. The molecule has 4 rings (SSSR count). The van der Waals surface area contributed by atoms with Gasteiger partial charge in [-0.25, -0.2) is 4.98 Å². The maximum absolute atomic E-state index is 13.1. The highest BCUT2D eigenvalue weighted by Crippen LogP contribution is 2.37. The van der Waals surface area contributed by atoms with E-state index in [9.17, 15) is 9.59 Å². The molecule has 1 aliphatic heterocycles. The van der Waals surface area contributed by atoms with Crippen LogP contribution < -0.4 is 5.56 Å². The van der Waals surface area contributed by atoms with Gasteiger partial charge in [0, 0.05) is 12.2 Å². The number of aromatic amines is 1. The molecule has 1 fully saturated rings. The van der Waals surface area contributed by atoms with Gasteiger partial charge in [-0.15, -0.1) is 11.3 Å². The molecule has 1 unspecified atom stereocenters. The van der Waals surface area contributed by atoms with Gasteiger partial charge in [-0.2, -0.15) is 0 Å². The molecule has 0 saturated carbocycles. The van der Waals surface area contributed by atoms with Crippen molar-refractivity contribution in [2.75, 3.05) is 6.54 Å². The number of carbonyl (C=O) groups is 1. The number of para-hydroxylation sites is 1. The first-order valence-corrected chi connectivity index (χ1v) is 9.23. The summed E-state index contributed by atoms with van der Waals surface area (Å²) in [7, 11) is 0. The van der Waals surface area contributed by atoms with E-state index >= 15 is 0 Å². The summed E-state index contributed by atoms with van der Waals surface area (Å²) in [5, 5.41) is 0.952. The molecule has 0 radical (unpaired) electrons. The average molecular weight is 353 g/mol. The number of carbonyl (C=O) groups excluding carboxylic acids is 1. The normalized spacial score (nSPS) is 17.4. The van der Waals surface area contributed by atoms with Gasteiger partial charge >= 0.3 is 0 Å². The predicted octanol–water partition coefficient (Wildman–Crippen LogP) is 3.58. The number of hydrogen-bond donors (Lipinski definition) is 1. The van der Waals surface area contributed by atoms with E-state index in [1.807, 2.05) is 49.1 Å². The van der Waals surface area contributed by atoms with Crippen LogP contribution in [0.25, 0.3) is 10.2 Å². The smallest absolute Gasteiger partial charge is 0.261 e. The van der Waals surface area contributed by atoms with Crippen LogP contribution in [0.2, 0.25) is 0 Å². The zero-order valence-electron chi connectivity index (χ0n) is 14.2. The Bertz CT molecular complexity index is 988. The number of nitrogens with zero attached hydrogens (tertiary/aromatic N) is 2. The van der Waals surface area contributed by atoms with Gasteiger partial charge in [-0.3, -0.25) is 9.59 Å². The predicted molar refractivity (Wildman–Crippen MR) is 99.2 cm³/mol. The lowest BCUT2D eigenvalue weighted by Gasteiger charge is -2.23. The van der Waals surface area contributed by atoms with Gasteiger partial charge in [0.05, 0.1) is 16.3 Å². The van der Waals surface area contributed by atoms with Crippen molar-refractivity contribution in [3.8, 4) is 0 Å². The zero-order chi connectivity index (χ0) is 17.6. The molecule has 0 bridgehead atoms. The molecule has 1 saturated heterocycles. The summed E-state index contributed by atoms with van der Waals surface area (Å²) in [6.45, 7) is 4.30. The number of aryl methyl sites for hydroxylation is 2. The van der Waals surface area contributed by atoms with Crippen LogP contribution in [0.1, 0.15) is 45.5 Å². The number of thiazole rings is 1. The van der Waals surface area contributed by atoms with E-state index in [2.05, 4.69) is 4.98 Å². The van der Waals surface area contributed by atoms with Crippen LogP contribution in [0.15, 0.2) is 35.1 Å². The van der Waals surface area contributed by atoms with Gasteiger partial charge in [-0.1, -0.05) is 12.1 Å². The summed E-state index contributed by atoms with van der Waals surface area (Å²) < 4.78 is 1.13. The lowest BCUT2D eigenvalue weighted by Crippen LogP contribution is -2.35. The number of nitrogens with one attached hydrogen (secondary N) is 1. The highest BCUT2D eigenvalue weighted by atomic mass is 32.1. The van der Waals surface area contributed by atoms with Gasteiger partial charge in [0.15, 0.2) is 0 Å². The highest BCUT2D eigenvalue weighted by Gasteiger charge is 2.34. The number of rotatable bonds is 2. The van der Waals surface area contributed by atoms with E-state index in [0.717, 1.165) is 39.3 Å². The minimum Gasteiger partial charge on any atom is -0.329 e. The fourth-order valence-electron chi connectivity index (χ4n) is 3.56. The van der Waals surface area contributed by atoms with E-state index in [0.29, 0.717) is 6.54 Å². The number of hydrogen-bond acceptors (Lipinski definition) is 4. The Balaban J connectivity index is 1.72. The minimum absolute atomic E-state index is 0.0509. The van der Waals surface area contributed by atoms with Crippen molar-refractivity contribution >= 4 is 27.5 Å². The summed E-state index contributed by atoms with van der Waals surface area (Å²) in [6, 6.07) is 9.80.